The molecule has 4 heteroatoms. The van der Waals surface area contributed by atoms with Crippen LogP contribution in [0.5, 0.6) is 0 Å². The van der Waals surface area contributed by atoms with E-state index in [4.69, 9.17) is 17.3 Å². The van der Waals surface area contributed by atoms with Crippen LogP contribution in [0.25, 0.3) is 0 Å². The Morgan fingerprint density at radius 2 is 2.00 bits per heavy atom. The number of pyridine rings is 1. The highest BCUT2D eigenvalue weighted by Gasteiger charge is 2.04. The third kappa shape index (κ3) is 3.22. The van der Waals surface area contributed by atoms with Gasteiger partial charge in [0.05, 0.1) is 5.02 Å². The summed E-state index contributed by atoms with van der Waals surface area (Å²) in [5.74, 6) is 0. The number of benzene rings is 1. The van der Waals surface area contributed by atoms with Crippen molar-refractivity contribution in [3.8, 4) is 0 Å². The monoisotopic (exact) mass is 264 g/mol. The largest absolute Gasteiger partial charge is 0.324 e. The first-order valence-corrected chi connectivity index (χ1v) is 6.50. The van der Waals surface area contributed by atoms with Gasteiger partial charge in [-0.3, -0.25) is 0 Å². The minimum Gasteiger partial charge on any atom is -0.324 e. The van der Waals surface area contributed by atoms with Gasteiger partial charge >= 0.3 is 0 Å². The molecular weight excluding hydrogens is 252 g/mol. The van der Waals surface area contributed by atoms with E-state index in [2.05, 4.69) is 4.98 Å². The molecule has 1 aromatic heterocycles. The molecule has 2 nitrogen and oxygen atoms in total. The van der Waals surface area contributed by atoms with Gasteiger partial charge in [0.15, 0.2) is 0 Å². The number of aromatic nitrogens is 1. The van der Waals surface area contributed by atoms with Gasteiger partial charge in [0.1, 0.15) is 5.03 Å². The van der Waals surface area contributed by atoms with Crippen LogP contribution in [-0.4, -0.2) is 4.98 Å². The molecule has 1 heterocycles. The second kappa shape index (κ2) is 5.54. The van der Waals surface area contributed by atoms with Crippen LogP contribution < -0.4 is 5.73 Å². The highest BCUT2D eigenvalue weighted by atomic mass is 35.5. The highest BCUT2D eigenvalue weighted by molar-refractivity contribution is 7.99. The molecule has 1 atom stereocenters. The van der Waals surface area contributed by atoms with E-state index >= 15 is 0 Å². The summed E-state index contributed by atoms with van der Waals surface area (Å²) in [4.78, 5) is 5.37. The van der Waals surface area contributed by atoms with E-state index in [1.54, 1.807) is 11.8 Å². The van der Waals surface area contributed by atoms with Gasteiger partial charge in [-0.1, -0.05) is 41.6 Å². The molecular formula is C13H13ClN2S. The van der Waals surface area contributed by atoms with Crippen molar-refractivity contribution in [3.63, 3.8) is 0 Å². The lowest BCUT2D eigenvalue weighted by molar-refractivity contribution is 0.806. The first-order valence-electron chi connectivity index (χ1n) is 5.31. The van der Waals surface area contributed by atoms with Crippen molar-refractivity contribution in [2.24, 2.45) is 5.73 Å². The van der Waals surface area contributed by atoms with Gasteiger partial charge in [-0.25, -0.2) is 4.98 Å². The van der Waals surface area contributed by atoms with Gasteiger partial charge in [0.25, 0.3) is 0 Å². The predicted molar refractivity (Wildman–Crippen MR) is 72.4 cm³/mol. The van der Waals surface area contributed by atoms with Crippen molar-refractivity contribution in [2.75, 3.05) is 0 Å². The maximum absolute atomic E-state index is 6.09. The summed E-state index contributed by atoms with van der Waals surface area (Å²) in [5.41, 5.74) is 6.81. The summed E-state index contributed by atoms with van der Waals surface area (Å²) >= 11 is 7.64. The van der Waals surface area contributed by atoms with Crippen LogP contribution in [0.1, 0.15) is 18.5 Å². The molecule has 2 N–H and O–H groups in total. The second-order valence-electron chi connectivity index (χ2n) is 3.75. The van der Waals surface area contributed by atoms with Gasteiger partial charge in [-0.05, 0) is 30.7 Å². The van der Waals surface area contributed by atoms with E-state index in [-0.39, 0.29) is 6.04 Å². The molecule has 0 aliphatic heterocycles. The van der Waals surface area contributed by atoms with E-state index in [0.29, 0.717) is 0 Å². The summed E-state index contributed by atoms with van der Waals surface area (Å²) in [6.45, 7) is 1.94. The van der Waals surface area contributed by atoms with E-state index < -0.39 is 0 Å². The van der Waals surface area contributed by atoms with Gasteiger partial charge in [0.2, 0.25) is 0 Å². The van der Waals surface area contributed by atoms with Crippen molar-refractivity contribution < 1.29 is 0 Å². The number of nitrogens with two attached hydrogens (primary N) is 1. The molecule has 2 aromatic rings. The molecule has 0 radical (unpaired) electrons. The van der Waals surface area contributed by atoms with Gasteiger partial charge in [-0.15, -0.1) is 0 Å². The molecule has 1 aromatic carbocycles. The third-order valence-corrected chi connectivity index (χ3v) is 3.80. The number of hydrogen-bond acceptors (Lipinski definition) is 3. The molecule has 1 unspecified atom stereocenters. The quantitative estimate of drug-likeness (QED) is 0.914. The van der Waals surface area contributed by atoms with Crippen LogP contribution in [0, 0.1) is 0 Å². The normalized spacial score (nSPS) is 12.4. The van der Waals surface area contributed by atoms with Crippen LogP contribution in [0.4, 0.5) is 0 Å². The molecule has 17 heavy (non-hydrogen) atoms. The topological polar surface area (TPSA) is 38.9 Å². The minimum absolute atomic E-state index is 0.0156. The Balaban J connectivity index is 2.17. The Hall–Kier alpha value is -1.03. The first-order chi connectivity index (χ1) is 8.16. The van der Waals surface area contributed by atoms with E-state index in [9.17, 15) is 0 Å². The summed E-state index contributed by atoms with van der Waals surface area (Å²) in [6.07, 6.45) is 1.81. The Morgan fingerprint density at radius 3 is 2.59 bits per heavy atom. The maximum atomic E-state index is 6.09. The van der Waals surface area contributed by atoms with Crippen LogP contribution in [0.3, 0.4) is 0 Å². The molecule has 0 bridgehead atoms. The van der Waals surface area contributed by atoms with Gasteiger partial charge in [0, 0.05) is 17.1 Å². The highest BCUT2D eigenvalue weighted by Crippen LogP contribution is 2.31. The molecule has 0 spiro atoms. The summed E-state index contributed by atoms with van der Waals surface area (Å²) in [6, 6.07) is 11.7. The SMILES string of the molecule is CC(N)c1ccc(Sc2ccccc2Cl)nc1. The average molecular weight is 265 g/mol. The lowest BCUT2D eigenvalue weighted by atomic mass is 10.2. The number of halogens is 1. The molecule has 0 aliphatic rings. The van der Waals surface area contributed by atoms with Gasteiger partial charge in [-0.2, -0.15) is 0 Å². The Bertz CT molecular complexity index is 497. The molecule has 0 saturated carbocycles. The fraction of sp³-hybridized carbons (Fsp3) is 0.154. The zero-order valence-corrected chi connectivity index (χ0v) is 11.0. The second-order valence-corrected chi connectivity index (χ2v) is 5.22. The molecule has 0 fully saturated rings. The van der Waals surface area contributed by atoms with E-state index in [0.717, 1.165) is 20.5 Å². The molecule has 0 amide bonds. The van der Waals surface area contributed by atoms with Crippen molar-refractivity contribution in [2.45, 2.75) is 22.9 Å². The average Bonchev–Trinajstić information content (AvgIpc) is 2.33. The number of hydrogen-bond donors (Lipinski definition) is 1. The molecule has 2 rings (SSSR count). The van der Waals surface area contributed by atoms with Crippen LogP contribution in [-0.2, 0) is 0 Å². The maximum Gasteiger partial charge on any atom is 0.101 e. The van der Waals surface area contributed by atoms with Crippen molar-refractivity contribution >= 4 is 23.4 Å². The minimum atomic E-state index is 0.0156. The summed E-state index contributed by atoms with van der Waals surface area (Å²) in [7, 11) is 0. The zero-order chi connectivity index (χ0) is 12.3. The van der Waals surface area contributed by atoms with Crippen LogP contribution in [0.15, 0.2) is 52.5 Å². The molecule has 0 saturated heterocycles. The van der Waals surface area contributed by atoms with Crippen LogP contribution in [0.2, 0.25) is 5.02 Å². The first kappa shape index (κ1) is 12.4. The Morgan fingerprint density at radius 1 is 1.24 bits per heavy atom. The standard InChI is InChI=1S/C13H13ClN2S/c1-9(15)10-6-7-13(16-8-10)17-12-5-3-2-4-11(12)14/h2-9H,15H2,1H3. The lowest BCUT2D eigenvalue weighted by Crippen LogP contribution is -2.04. The smallest absolute Gasteiger partial charge is 0.101 e. The van der Waals surface area contributed by atoms with Gasteiger partial charge < -0.3 is 5.73 Å². The number of rotatable bonds is 3. The fourth-order valence-electron chi connectivity index (χ4n) is 1.36. The summed E-state index contributed by atoms with van der Waals surface area (Å²) < 4.78 is 0. The third-order valence-electron chi connectivity index (χ3n) is 2.34. The number of nitrogens with zero attached hydrogens (tertiary/aromatic N) is 1. The Labute approximate surface area is 110 Å². The van der Waals surface area contributed by atoms with E-state index in [1.807, 2.05) is 49.5 Å². The molecule has 0 aliphatic carbocycles. The Kier molecular flexibility index (Phi) is 4.05. The van der Waals surface area contributed by atoms with Crippen LogP contribution >= 0.6 is 23.4 Å². The van der Waals surface area contributed by atoms with E-state index in [1.165, 1.54) is 0 Å². The molecule has 88 valence electrons. The zero-order valence-electron chi connectivity index (χ0n) is 9.43. The van der Waals surface area contributed by atoms with Crippen molar-refractivity contribution in [3.05, 3.63) is 53.2 Å². The van der Waals surface area contributed by atoms with Crippen molar-refractivity contribution in [1.82, 2.24) is 4.98 Å². The predicted octanol–water partition coefficient (Wildman–Crippen LogP) is 3.91. The fourth-order valence-corrected chi connectivity index (χ4v) is 2.39. The summed E-state index contributed by atoms with van der Waals surface area (Å²) in [5, 5.41) is 1.66. The van der Waals surface area contributed by atoms with Crippen molar-refractivity contribution in [1.29, 1.82) is 0 Å². The lowest BCUT2D eigenvalue weighted by Gasteiger charge is -2.06.